The van der Waals surface area contributed by atoms with Gasteiger partial charge in [0.05, 0.1) is 7.11 Å². The number of Topliss-reactive ketones (excluding diaryl/α,β-unsaturated/α-hetero) is 1. The summed E-state index contributed by atoms with van der Waals surface area (Å²) in [6.45, 7) is 0. The van der Waals surface area contributed by atoms with Crippen molar-refractivity contribution in [1.29, 1.82) is 0 Å². The first-order chi connectivity index (χ1) is 9.99. The third kappa shape index (κ3) is 3.84. The van der Waals surface area contributed by atoms with Crippen LogP contribution >= 0.6 is 0 Å². The smallest absolute Gasteiger partial charge is 0.165 e. The van der Waals surface area contributed by atoms with Crippen LogP contribution in [0.4, 0.5) is 13.2 Å². The van der Waals surface area contributed by atoms with Crippen LogP contribution in [0.3, 0.4) is 0 Å². The highest BCUT2D eigenvalue weighted by Crippen LogP contribution is 2.18. The lowest BCUT2D eigenvalue weighted by Gasteiger charge is -2.05. The predicted octanol–water partition coefficient (Wildman–Crippen LogP) is 3.47. The topological polar surface area (TPSA) is 26.3 Å². The van der Waals surface area contributed by atoms with Crippen molar-refractivity contribution in [2.45, 2.75) is 12.8 Å². The van der Waals surface area contributed by atoms with Gasteiger partial charge in [0, 0.05) is 12.8 Å². The highest BCUT2D eigenvalue weighted by Gasteiger charge is 2.10. The minimum atomic E-state index is -0.990. The minimum Gasteiger partial charge on any atom is -0.494 e. The molecule has 0 aliphatic rings. The minimum absolute atomic E-state index is 0.0138. The molecule has 0 aliphatic heterocycles. The number of rotatable bonds is 5. The van der Waals surface area contributed by atoms with Gasteiger partial charge in [-0.25, -0.2) is 13.2 Å². The molecule has 0 fully saturated rings. The average Bonchev–Trinajstić information content (AvgIpc) is 2.43. The second-order valence-electron chi connectivity index (χ2n) is 4.61. The Morgan fingerprint density at radius 1 is 0.905 bits per heavy atom. The molecule has 2 nitrogen and oxygen atoms in total. The lowest BCUT2D eigenvalue weighted by atomic mass is 10.0. The number of carbonyl (C=O) groups excluding carboxylic acids is 1. The van der Waals surface area contributed by atoms with Gasteiger partial charge in [-0.15, -0.1) is 0 Å². The zero-order valence-corrected chi connectivity index (χ0v) is 11.3. The van der Waals surface area contributed by atoms with E-state index in [2.05, 4.69) is 0 Å². The van der Waals surface area contributed by atoms with Crippen LogP contribution in [-0.2, 0) is 17.6 Å². The van der Waals surface area contributed by atoms with Crippen molar-refractivity contribution in [2.24, 2.45) is 0 Å². The van der Waals surface area contributed by atoms with Crippen LogP contribution in [0, 0.1) is 17.5 Å². The van der Waals surface area contributed by atoms with Gasteiger partial charge in [-0.2, -0.15) is 0 Å². The molecule has 0 N–H and O–H groups in total. The maximum Gasteiger partial charge on any atom is 0.165 e. The summed E-state index contributed by atoms with van der Waals surface area (Å²) in [4.78, 5) is 11.9. The van der Waals surface area contributed by atoms with Crippen LogP contribution in [0.2, 0.25) is 0 Å². The maximum atomic E-state index is 13.5. The van der Waals surface area contributed by atoms with E-state index in [1.165, 1.54) is 25.3 Å². The molecule has 2 aromatic rings. The summed E-state index contributed by atoms with van der Waals surface area (Å²) in [6.07, 6.45) is -0.0231. The first-order valence-electron chi connectivity index (χ1n) is 6.27. The van der Waals surface area contributed by atoms with Crippen LogP contribution in [0.5, 0.6) is 5.75 Å². The number of methoxy groups -OCH3 is 1. The van der Waals surface area contributed by atoms with Gasteiger partial charge in [-0.1, -0.05) is 12.1 Å². The van der Waals surface area contributed by atoms with Crippen LogP contribution in [0.15, 0.2) is 36.4 Å². The molecule has 0 heterocycles. The van der Waals surface area contributed by atoms with Crippen molar-refractivity contribution < 1.29 is 22.7 Å². The highest BCUT2D eigenvalue weighted by molar-refractivity contribution is 5.83. The van der Waals surface area contributed by atoms with E-state index < -0.39 is 17.5 Å². The molecule has 0 unspecified atom stereocenters. The van der Waals surface area contributed by atoms with Gasteiger partial charge in [0.1, 0.15) is 5.78 Å². The Balaban J connectivity index is 2.04. The van der Waals surface area contributed by atoms with Gasteiger partial charge in [-0.3, -0.25) is 4.79 Å². The third-order valence-corrected chi connectivity index (χ3v) is 3.00. The second-order valence-corrected chi connectivity index (χ2v) is 4.61. The van der Waals surface area contributed by atoms with Crippen molar-refractivity contribution in [3.8, 4) is 5.75 Å². The quantitative estimate of drug-likeness (QED) is 0.844. The lowest BCUT2D eigenvalue weighted by Crippen LogP contribution is -2.07. The molecule has 2 rings (SSSR count). The molecule has 110 valence electrons. The second kappa shape index (κ2) is 6.43. The lowest BCUT2D eigenvalue weighted by molar-refractivity contribution is -0.117. The zero-order chi connectivity index (χ0) is 15.4. The number of hydrogen-bond donors (Lipinski definition) is 0. The van der Waals surface area contributed by atoms with E-state index in [4.69, 9.17) is 4.74 Å². The number of hydrogen-bond acceptors (Lipinski definition) is 2. The summed E-state index contributed by atoms with van der Waals surface area (Å²) in [6, 6.07) is 7.57. The third-order valence-electron chi connectivity index (χ3n) is 3.00. The molecule has 0 radical (unpaired) electrons. The van der Waals surface area contributed by atoms with E-state index in [1.807, 2.05) is 0 Å². The van der Waals surface area contributed by atoms with E-state index >= 15 is 0 Å². The first-order valence-corrected chi connectivity index (χ1v) is 6.27. The summed E-state index contributed by atoms with van der Waals surface area (Å²) < 4.78 is 44.1. The Morgan fingerprint density at radius 3 is 2.00 bits per heavy atom. The standard InChI is InChI=1S/C16H13F3O2/c1-21-16-5-3-11(9-15(16)19)7-12(20)6-10-2-4-13(17)14(18)8-10/h2-5,8-9H,6-7H2,1H3. The Morgan fingerprint density at radius 2 is 1.48 bits per heavy atom. The molecular formula is C16H13F3O2. The molecule has 0 aromatic heterocycles. The predicted molar refractivity (Wildman–Crippen MR) is 71.7 cm³/mol. The normalized spacial score (nSPS) is 10.5. The van der Waals surface area contributed by atoms with Gasteiger partial charge < -0.3 is 4.74 Å². The maximum absolute atomic E-state index is 13.5. The largest absolute Gasteiger partial charge is 0.494 e. The molecule has 21 heavy (non-hydrogen) atoms. The molecule has 0 atom stereocenters. The molecule has 0 amide bonds. The van der Waals surface area contributed by atoms with E-state index in [0.29, 0.717) is 11.1 Å². The van der Waals surface area contributed by atoms with Crippen LogP contribution in [0.1, 0.15) is 11.1 Å². The van der Waals surface area contributed by atoms with Gasteiger partial charge in [0.2, 0.25) is 0 Å². The molecule has 0 saturated heterocycles. The number of ketones is 1. The summed E-state index contributed by atoms with van der Waals surface area (Å²) in [7, 11) is 1.35. The Kier molecular flexibility index (Phi) is 4.62. The number of ether oxygens (including phenoxy) is 1. The molecular weight excluding hydrogens is 281 g/mol. The van der Waals surface area contributed by atoms with Crippen molar-refractivity contribution in [3.63, 3.8) is 0 Å². The van der Waals surface area contributed by atoms with E-state index in [1.54, 1.807) is 6.07 Å². The number of halogens is 3. The number of carbonyl (C=O) groups is 1. The van der Waals surface area contributed by atoms with Gasteiger partial charge in [-0.05, 0) is 35.4 Å². The van der Waals surface area contributed by atoms with Crippen molar-refractivity contribution in [2.75, 3.05) is 7.11 Å². The van der Waals surface area contributed by atoms with Crippen LogP contribution in [0.25, 0.3) is 0 Å². The Hall–Kier alpha value is -2.30. The summed E-state index contributed by atoms with van der Waals surface area (Å²) >= 11 is 0. The van der Waals surface area contributed by atoms with Crippen LogP contribution < -0.4 is 4.74 Å². The molecule has 5 heteroatoms. The van der Waals surface area contributed by atoms with E-state index in [-0.39, 0.29) is 24.4 Å². The Bertz CT molecular complexity index is 669. The van der Waals surface area contributed by atoms with Crippen molar-refractivity contribution in [3.05, 3.63) is 65.0 Å². The summed E-state index contributed by atoms with van der Waals surface area (Å²) in [5.74, 6) is -2.60. The van der Waals surface area contributed by atoms with Crippen LogP contribution in [-0.4, -0.2) is 12.9 Å². The SMILES string of the molecule is COc1ccc(CC(=O)Cc2ccc(F)c(F)c2)cc1F. The van der Waals surface area contributed by atoms with Gasteiger partial charge in [0.15, 0.2) is 23.2 Å². The highest BCUT2D eigenvalue weighted by atomic mass is 19.2. The molecule has 0 saturated carbocycles. The molecule has 0 bridgehead atoms. The van der Waals surface area contributed by atoms with Gasteiger partial charge in [0.25, 0.3) is 0 Å². The fraction of sp³-hybridized carbons (Fsp3) is 0.188. The molecule has 0 aliphatic carbocycles. The average molecular weight is 294 g/mol. The van der Waals surface area contributed by atoms with E-state index in [0.717, 1.165) is 12.1 Å². The Labute approximate surface area is 120 Å². The van der Waals surface area contributed by atoms with Crippen molar-refractivity contribution in [1.82, 2.24) is 0 Å². The first kappa shape index (κ1) is 15.1. The fourth-order valence-electron chi connectivity index (χ4n) is 1.99. The molecule has 2 aromatic carbocycles. The van der Waals surface area contributed by atoms with Crippen molar-refractivity contribution >= 4 is 5.78 Å². The summed E-state index contributed by atoms with van der Waals surface area (Å²) in [5, 5.41) is 0. The number of benzene rings is 2. The van der Waals surface area contributed by atoms with E-state index in [9.17, 15) is 18.0 Å². The monoisotopic (exact) mass is 294 g/mol. The molecule has 0 spiro atoms. The summed E-state index contributed by atoms with van der Waals surface area (Å²) in [5.41, 5.74) is 0.883. The fourth-order valence-corrected chi connectivity index (χ4v) is 1.99. The zero-order valence-electron chi connectivity index (χ0n) is 11.3. The van der Waals surface area contributed by atoms with Gasteiger partial charge >= 0.3 is 0 Å².